The average Bonchev–Trinajstić information content (AvgIpc) is 2.82. The summed E-state index contributed by atoms with van der Waals surface area (Å²) in [5, 5.41) is 5.64. The van der Waals surface area contributed by atoms with Crippen LogP contribution in [0.1, 0.15) is 30.7 Å². The van der Waals surface area contributed by atoms with Gasteiger partial charge in [-0.25, -0.2) is 0 Å². The molecule has 1 saturated heterocycles. The van der Waals surface area contributed by atoms with Crippen LogP contribution in [-0.4, -0.2) is 31.1 Å². The highest BCUT2D eigenvalue weighted by molar-refractivity contribution is 7.10. The van der Waals surface area contributed by atoms with Crippen LogP contribution in [0, 0.1) is 0 Å². The Hall–Kier alpha value is -0.0900. The van der Waals surface area contributed by atoms with Gasteiger partial charge in [-0.1, -0.05) is 6.07 Å². The van der Waals surface area contributed by atoms with Gasteiger partial charge in [0.1, 0.15) is 0 Å². The van der Waals surface area contributed by atoms with E-state index in [1.165, 1.54) is 24.3 Å². The number of halogens is 1. The molecule has 2 rings (SSSR count). The summed E-state index contributed by atoms with van der Waals surface area (Å²) in [5.74, 6) is 0. The van der Waals surface area contributed by atoms with Crippen LogP contribution in [0.5, 0.6) is 0 Å². The number of nitrogens with one attached hydrogen (secondary N) is 1. The maximum absolute atomic E-state index is 3.48. The molecule has 1 fully saturated rings. The molecule has 2 nitrogen and oxygen atoms in total. The van der Waals surface area contributed by atoms with Crippen molar-refractivity contribution < 1.29 is 0 Å². The number of thiophene rings is 1. The van der Waals surface area contributed by atoms with Crippen molar-refractivity contribution in [2.75, 3.05) is 20.1 Å². The fraction of sp³-hybridized carbons (Fsp3) is 0.667. The Balaban J connectivity index is 0.00000128. The summed E-state index contributed by atoms with van der Waals surface area (Å²) < 4.78 is 0. The molecule has 0 aliphatic carbocycles. The molecule has 0 spiro atoms. The van der Waals surface area contributed by atoms with Gasteiger partial charge in [-0.15, -0.1) is 23.7 Å². The lowest BCUT2D eigenvalue weighted by Crippen LogP contribution is -2.44. The van der Waals surface area contributed by atoms with E-state index >= 15 is 0 Å². The maximum Gasteiger partial charge on any atom is 0.0413 e. The quantitative estimate of drug-likeness (QED) is 0.899. The number of hydrogen-bond acceptors (Lipinski definition) is 3. The van der Waals surface area contributed by atoms with Crippen molar-refractivity contribution in [3.63, 3.8) is 0 Å². The summed E-state index contributed by atoms with van der Waals surface area (Å²) in [6, 6.07) is 5.64. The summed E-state index contributed by atoms with van der Waals surface area (Å²) >= 11 is 1.86. The van der Waals surface area contributed by atoms with Crippen molar-refractivity contribution >= 4 is 23.7 Å². The number of piperidine rings is 1. The molecule has 1 unspecified atom stereocenters. The highest BCUT2D eigenvalue weighted by atomic mass is 35.5. The van der Waals surface area contributed by atoms with Gasteiger partial charge in [-0.3, -0.25) is 4.90 Å². The molecule has 16 heavy (non-hydrogen) atoms. The summed E-state index contributed by atoms with van der Waals surface area (Å²) in [5.41, 5.74) is 0. The van der Waals surface area contributed by atoms with E-state index in [-0.39, 0.29) is 12.4 Å². The topological polar surface area (TPSA) is 15.3 Å². The molecule has 0 bridgehead atoms. The number of nitrogens with zero attached hydrogens (tertiary/aromatic N) is 1. The van der Waals surface area contributed by atoms with E-state index in [2.05, 4.69) is 41.7 Å². The van der Waals surface area contributed by atoms with Gasteiger partial charge in [0.05, 0.1) is 0 Å². The first-order valence-electron chi connectivity index (χ1n) is 5.75. The summed E-state index contributed by atoms with van der Waals surface area (Å²) in [6.45, 7) is 4.64. The molecular formula is C12H21ClN2S. The molecule has 1 aromatic rings. The van der Waals surface area contributed by atoms with Gasteiger partial charge in [0.25, 0.3) is 0 Å². The fourth-order valence-electron chi connectivity index (χ4n) is 2.23. The molecule has 2 heterocycles. The zero-order chi connectivity index (χ0) is 10.7. The first kappa shape index (κ1) is 14.0. The lowest BCUT2D eigenvalue weighted by atomic mass is 10.0. The fourth-order valence-corrected chi connectivity index (χ4v) is 3.06. The minimum Gasteiger partial charge on any atom is -0.315 e. The molecule has 0 aromatic carbocycles. The zero-order valence-electron chi connectivity index (χ0n) is 9.98. The first-order valence-corrected chi connectivity index (χ1v) is 6.63. The van der Waals surface area contributed by atoms with Gasteiger partial charge in [0.2, 0.25) is 0 Å². The van der Waals surface area contributed by atoms with Crippen LogP contribution < -0.4 is 5.32 Å². The van der Waals surface area contributed by atoms with Crippen LogP contribution in [0.3, 0.4) is 0 Å². The molecule has 92 valence electrons. The third-order valence-electron chi connectivity index (χ3n) is 3.41. The Morgan fingerprint density at radius 2 is 2.38 bits per heavy atom. The molecule has 0 saturated carbocycles. The van der Waals surface area contributed by atoms with Gasteiger partial charge < -0.3 is 5.32 Å². The van der Waals surface area contributed by atoms with Crippen LogP contribution >= 0.6 is 23.7 Å². The van der Waals surface area contributed by atoms with Crippen molar-refractivity contribution in [1.82, 2.24) is 10.2 Å². The smallest absolute Gasteiger partial charge is 0.0413 e. The predicted molar refractivity (Wildman–Crippen MR) is 73.6 cm³/mol. The largest absolute Gasteiger partial charge is 0.315 e. The third kappa shape index (κ3) is 3.20. The van der Waals surface area contributed by atoms with Crippen molar-refractivity contribution in [3.05, 3.63) is 22.4 Å². The highest BCUT2D eigenvalue weighted by Gasteiger charge is 2.22. The molecule has 2 atom stereocenters. The van der Waals surface area contributed by atoms with E-state index in [4.69, 9.17) is 0 Å². The van der Waals surface area contributed by atoms with Gasteiger partial charge in [-0.2, -0.15) is 0 Å². The predicted octanol–water partition coefficient (Wildman–Crippen LogP) is 2.91. The second-order valence-corrected chi connectivity index (χ2v) is 5.34. The maximum atomic E-state index is 3.48. The standard InChI is InChI=1S/C12H20N2S.ClH/c1-10(12-6-4-8-15-12)14(2)11-5-3-7-13-9-11;/h4,6,8,10-11,13H,3,5,7,9H2,1-2H3;1H/t10?,11-;/m1./s1. The summed E-state index contributed by atoms with van der Waals surface area (Å²) in [7, 11) is 2.25. The van der Waals surface area contributed by atoms with Crippen molar-refractivity contribution in [2.45, 2.75) is 31.8 Å². The molecule has 4 heteroatoms. The number of hydrogen-bond donors (Lipinski definition) is 1. The lowest BCUT2D eigenvalue weighted by molar-refractivity contribution is 0.158. The first-order chi connectivity index (χ1) is 7.29. The van der Waals surface area contributed by atoms with Crippen molar-refractivity contribution in [2.24, 2.45) is 0 Å². The zero-order valence-corrected chi connectivity index (χ0v) is 11.6. The van der Waals surface area contributed by atoms with E-state index in [0.717, 1.165) is 6.54 Å². The monoisotopic (exact) mass is 260 g/mol. The summed E-state index contributed by atoms with van der Waals surface area (Å²) in [4.78, 5) is 3.99. The van der Waals surface area contributed by atoms with E-state index in [1.54, 1.807) is 0 Å². The minimum absolute atomic E-state index is 0. The Morgan fingerprint density at radius 3 is 2.94 bits per heavy atom. The van der Waals surface area contributed by atoms with Crippen LogP contribution in [-0.2, 0) is 0 Å². The normalized spacial score (nSPS) is 22.8. The van der Waals surface area contributed by atoms with Crippen molar-refractivity contribution in [3.8, 4) is 0 Å². The Morgan fingerprint density at radius 1 is 1.56 bits per heavy atom. The van der Waals surface area contributed by atoms with E-state index in [1.807, 2.05) is 11.3 Å². The van der Waals surface area contributed by atoms with Crippen LogP contribution in [0.2, 0.25) is 0 Å². The number of likely N-dealkylation sites (N-methyl/N-ethyl adjacent to an activating group) is 1. The average molecular weight is 261 g/mol. The van der Waals surface area contributed by atoms with Gasteiger partial charge in [0, 0.05) is 23.5 Å². The van der Waals surface area contributed by atoms with E-state index < -0.39 is 0 Å². The van der Waals surface area contributed by atoms with E-state index in [9.17, 15) is 0 Å². The minimum atomic E-state index is 0. The Kier molecular flexibility index (Phi) is 5.76. The SMILES string of the molecule is CC(c1cccs1)N(C)[C@@H]1CCCNC1.Cl. The molecule has 0 radical (unpaired) electrons. The molecular weight excluding hydrogens is 240 g/mol. The van der Waals surface area contributed by atoms with Crippen LogP contribution in [0.25, 0.3) is 0 Å². The lowest BCUT2D eigenvalue weighted by Gasteiger charge is -2.35. The number of rotatable bonds is 3. The molecule has 1 N–H and O–H groups in total. The summed E-state index contributed by atoms with van der Waals surface area (Å²) in [6.07, 6.45) is 2.64. The van der Waals surface area contributed by atoms with Gasteiger partial charge in [0.15, 0.2) is 0 Å². The van der Waals surface area contributed by atoms with Crippen LogP contribution in [0.4, 0.5) is 0 Å². The Bertz CT molecular complexity index is 283. The molecule has 1 aliphatic heterocycles. The second kappa shape index (κ2) is 6.60. The molecule has 1 aliphatic rings. The van der Waals surface area contributed by atoms with Gasteiger partial charge >= 0.3 is 0 Å². The van der Waals surface area contributed by atoms with Gasteiger partial charge in [-0.05, 0) is 44.8 Å². The highest BCUT2D eigenvalue weighted by Crippen LogP contribution is 2.26. The van der Waals surface area contributed by atoms with E-state index in [0.29, 0.717) is 12.1 Å². The second-order valence-electron chi connectivity index (χ2n) is 4.36. The Labute approximate surface area is 108 Å². The molecule has 1 aromatic heterocycles. The third-order valence-corrected chi connectivity index (χ3v) is 4.46. The molecule has 0 amide bonds. The van der Waals surface area contributed by atoms with Crippen LogP contribution in [0.15, 0.2) is 17.5 Å². The van der Waals surface area contributed by atoms with Crippen molar-refractivity contribution in [1.29, 1.82) is 0 Å².